The molecule has 154 valence electrons. The SMILES string of the molecule is CCOc1ccc(Oc2ccccc2NC(=O)c2ccc(F)c(NC(C)=O)c2)cc1. The number of rotatable bonds is 7. The molecule has 0 unspecified atom stereocenters. The van der Waals surface area contributed by atoms with Gasteiger partial charge in [0.15, 0.2) is 5.75 Å². The van der Waals surface area contributed by atoms with Crippen LogP contribution in [0.4, 0.5) is 15.8 Å². The zero-order chi connectivity index (χ0) is 21.5. The molecule has 0 heterocycles. The number of carbonyl (C=O) groups excluding carboxylic acids is 2. The van der Waals surface area contributed by atoms with E-state index in [1.807, 2.05) is 6.92 Å². The van der Waals surface area contributed by atoms with Crippen LogP contribution < -0.4 is 20.1 Å². The van der Waals surface area contributed by atoms with Gasteiger partial charge >= 0.3 is 0 Å². The molecule has 0 saturated heterocycles. The lowest BCUT2D eigenvalue weighted by Gasteiger charge is -2.13. The normalized spacial score (nSPS) is 10.2. The summed E-state index contributed by atoms with van der Waals surface area (Å²) in [5.74, 6) is 0.234. The van der Waals surface area contributed by atoms with Crippen molar-refractivity contribution in [1.29, 1.82) is 0 Å². The predicted octanol–water partition coefficient (Wildman–Crippen LogP) is 5.23. The average Bonchev–Trinajstić information content (AvgIpc) is 2.72. The van der Waals surface area contributed by atoms with Crippen LogP contribution in [0.2, 0.25) is 0 Å². The number of para-hydroxylation sites is 2. The molecule has 0 aromatic heterocycles. The van der Waals surface area contributed by atoms with E-state index in [0.29, 0.717) is 23.8 Å². The van der Waals surface area contributed by atoms with E-state index in [-0.39, 0.29) is 11.3 Å². The number of ether oxygens (including phenoxy) is 2. The Balaban J connectivity index is 1.77. The third kappa shape index (κ3) is 5.35. The highest BCUT2D eigenvalue weighted by molar-refractivity contribution is 6.06. The van der Waals surface area contributed by atoms with Gasteiger partial charge < -0.3 is 20.1 Å². The summed E-state index contributed by atoms with van der Waals surface area (Å²) in [5.41, 5.74) is 0.576. The summed E-state index contributed by atoms with van der Waals surface area (Å²) in [7, 11) is 0. The van der Waals surface area contributed by atoms with Crippen LogP contribution >= 0.6 is 0 Å². The molecule has 0 aliphatic heterocycles. The van der Waals surface area contributed by atoms with Gasteiger partial charge in [0.05, 0.1) is 18.0 Å². The number of hydrogen-bond donors (Lipinski definition) is 2. The minimum absolute atomic E-state index is 0.0610. The van der Waals surface area contributed by atoms with Gasteiger partial charge in [0.2, 0.25) is 5.91 Å². The van der Waals surface area contributed by atoms with Crippen molar-refractivity contribution in [3.8, 4) is 17.2 Å². The maximum atomic E-state index is 13.8. The average molecular weight is 408 g/mol. The highest BCUT2D eigenvalue weighted by atomic mass is 19.1. The topological polar surface area (TPSA) is 76.7 Å². The molecule has 0 fully saturated rings. The monoisotopic (exact) mass is 408 g/mol. The number of amides is 2. The Kier molecular flexibility index (Phi) is 6.64. The summed E-state index contributed by atoms with van der Waals surface area (Å²) in [6.07, 6.45) is 0. The molecule has 0 aliphatic rings. The van der Waals surface area contributed by atoms with Gasteiger partial charge in [-0.05, 0) is 61.5 Å². The van der Waals surface area contributed by atoms with Gasteiger partial charge in [0.25, 0.3) is 5.91 Å². The van der Waals surface area contributed by atoms with Crippen LogP contribution in [0.5, 0.6) is 17.2 Å². The van der Waals surface area contributed by atoms with Crippen molar-refractivity contribution in [2.24, 2.45) is 0 Å². The third-order valence-electron chi connectivity index (χ3n) is 4.04. The number of carbonyl (C=O) groups is 2. The number of anilines is 2. The predicted molar refractivity (Wildman–Crippen MR) is 113 cm³/mol. The summed E-state index contributed by atoms with van der Waals surface area (Å²) < 4.78 is 25.1. The molecule has 0 radical (unpaired) electrons. The van der Waals surface area contributed by atoms with Crippen molar-refractivity contribution in [3.05, 3.63) is 78.1 Å². The highest BCUT2D eigenvalue weighted by Gasteiger charge is 2.13. The minimum atomic E-state index is -0.624. The fourth-order valence-corrected chi connectivity index (χ4v) is 2.70. The van der Waals surface area contributed by atoms with Gasteiger partial charge in [-0.3, -0.25) is 9.59 Å². The van der Waals surface area contributed by atoms with Gasteiger partial charge in [0, 0.05) is 12.5 Å². The molecular formula is C23H21FN2O4. The molecule has 2 N–H and O–H groups in total. The van der Waals surface area contributed by atoms with Crippen LogP contribution in [-0.4, -0.2) is 18.4 Å². The van der Waals surface area contributed by atoms with E-state index in [4.69, 9.17) is 9.47 Å². The van der Waals surface area contributed by atoms with Gasteiger partial charge in [-0.25, -0.2) is 4.39 Å². The second kappa shape index (κ2) is 9.56. The van der Waals surface area contributed by atoms with Gasteiger partial charge in [-0.15, -0.1) is 0 Å². The summed E-state index contributed by atoms with van der Waals surface area (Å²) in [6.45, 7) is 3.74. The molecule has 3 rings (SSSR count). The van der Waals surface area contributed by atoms with Crippen LogP contribution in [0, 0.1) is 5.82 Å². The van der Waals surface area contributed by atoms with Crippen LogP contribution in [0.3, 0.4) is 0 Å². The van der Waals surface area contributed by atoms with E-state index in [9.17, 15) is 14.0 Å². The second-order valence-electron chi connectivity index (χ2n) is 6.33. The zero-order valence-electron chi connectivity index (χ0n) is 16.6. The molecule has 6 nitrogen and oxygen atoms in total. The molecular weight excluding hydrogens is 387 g/mol. The van der Waals surface area contributed by atoms with Gasteiger partial charge in [-0.1, -0.05) is 12.1 Å². The fraction of sp³-hybridized carbons (Fsp3) is 0.130. The van der Waals surface area contributed by atoms with E-state index in [2.05, 4.69) is 10.6 Å². The summed E-state index contributed by atoms with van der Waals surface area (Å²) in [5, 5.41) is 5.12. The van der Waals surface area contributed by atoms with Crippen molar-refractivity contribution in [2.45, 2.75) is 13.8 Å². The first-order valence-corrected chi connectivity index (χ1v) is 9.34. The van der Waals surface area contributed by atoms with Crippen molar-refractivity contribution in [3.63, 3.8) is 0 Å². The summed E-state index contributed by atoms with van der Waals surface area (Å²) in [4.78, 5) is 23.9. The Morgan fingerprint density at radius 2 is 1.60 bits per heavy atom. The van der Waals surface area contributed by atoms with E-state index in [1.54, 1.807) is 48.5 Å². The van der Waals surface area contributed by atoms with E-state index >= 15 is 0 Å². The standard InChI is InChI=1S/C23H21FN2O4/c1-3-29-17-9-11-18(12-10-17)30-22-7-5-4-6-20(22)26-23(28)16-8-13-19(24)21(14-16)25-15(2)27/h4-14H,3H2,1-2H3,(H,25,27)(H,26,28). The first-order valence-electron chi connectivity index (χ1n) is 9.34. The molecule has 3 aromatic rings. The molecule has 0 spiro atoms. The maximum absolute atomic E-state index is 13.8. The van der Waals surface area contributed by atoms with E-state index in [0.717, 1.165) is 11.8 Å². The molecule has 0 bridgehead atoms. The van der Waals surface area contributed by atoms with Crippen LogP contribution in [0.15, 0.2) is 66.7 Å². The van der Waals surface area contributed by atoms with Crippen molar-refractivity contribution >= 4 is 23.2 Å². The Morgan fingerprint density at radius 3 is 2.30 bits per heavy atom. The Labute approximate surface area is 173 Å². The van der Waals surface area contributed by atoms with Crippen LogP contribution in [-0.2, 0) is 4.79 Å². The minimum Gasteiger partial charge on any atom is -0.494 e. The quantitative estimate of drug-likeness (QED) is 0.561. The first kappa shape index (κ1) is 20.9. The third-order valence-corrected chi connectivity index (χ3v) is 4.04. The lowest BCUT2D eigenvalue weighted by atomic mass is 10.1. The summed E-state index contributed by atoms with van der Waals surface area (Å²) >= 11 is 0. The molecule has 30 heavy (non-hydrogen) atoms. The lowest BCUT2D eigenvalue weighted by Crippen LogP contribution is -2.14. The summed E-state index contributed by atoms with van der Waals surface area (Å²) in [6, 6.07) is 17.8. The number of nitrogens with one attached hydrogen (secondary N) is 2. The lowest BCUT2D eigenvalue weighted by molar-refractivity contribution is -0.114. The van der Waals surface area contributed by atoms with Crippen LogP contribution in [0.1, 0.15) is 24.2 Å². The number of benzene rings is 3. The molecule has 7 heteroatoms. The van der Waals surface area contributed by atoms with E-state index < -0.39 is 17.6 Å². The zero-order valence-corrected chi connectivity index (χ0v) is 16.6. The Morgan fingerprint density at radius 1 is 0.900 bits per heavy atom. The smallest absolute Gasteiger partial charge is 0.255 e. The largest absolute Gasteiger partial charge is 0.494 e. The first-order chi connectivity index (χ1) is 14.5. The van der Waals surface area contributed by atoms with Crippen LogP contribution in [0.25, 0.3) is 0 Å². The van der Waals surface area contributed by atoms with E-state index in [1.165, 1.54) is 19.1 Å². The fourth-order valence-electron chi connectivity index (χ4n) is 2.70. The highest BCUT2D eigenvalue weighted by Crippen LogP contribution is 2.31. The molecule has 3 aromatic carbocycles. The second-order valence-corrected chi connectivity index (χ2v) is 6.33. The van der Waals surface area contributed by atoms with Crippen molar-refractivity contribution in [2.75, 3.05) is 17.2 Å². The Bertz CT molecular complexity index is 1050. The van der Waals surface area contributed by atoms with Crippen molar-refractivity contribution in [1.82, 2.24) is 0 Å². The maximum Gasteiger partial charge on any atom is 0.255 e. The molecule has 0 aliphatic carbocycles. The number of halogens is 1. The number of hydrogen-bond acceptors (Lipinski definition) is 4. The molecule has 0 atom stereocenters. The Hall–Kier alpha value is -3.87. The van der Waals surface area contributed by atoms with Gasteiger partial charge in [0.1, 0.15) is 17.3 Å². The van der Waals surface area contributed by atoms with Crippen molar-refractivity contribution < 1.29 is 23.5 Å². The van der Waals surface area contributed by atoms with Gasteiger partial charge in [-0.2, -0.15) is 0 Å². The molecule has 0 saturated carbocycles. The molecule has 2 amide bonds.